The molecular formula is C20H20F4N2O3. The molecule has 29 heavy (non-hydrogen) atoms. The molecule has 0 spiro atoms. The number of hydrogen-bond donors (Lipinski definition) is 2. The summed E-state index contributed by atoms with van der Waals surface area (Å²) in [6.07, 6.45) is -5.06. The highest BCUT2D eigenvalue weighted by Crippen LogP contribution is 2.32. The van der Waals surface area contributed by atoms with Crippen LogP contribution in [0, 0.1) is 5.82 Å². The lowest BCUT2D eigenvalue weighted by Gasteiger charge is -2.13. The normalized spacial score (nSPS) is 11.0. The Balaban J connectivity index is 1.67. The molecule has 0 radical (unpaired) electrons. The lowest BCUT2D eigenvalue weighted by Crippen LogP contribution is -2.28. The minimum Gasteiger partial charge on any atom is -0.445 e. The maximum absolute atomic E-state index is 13.1. The van der Waals surface area contributed by atoms with Gasteiger partial charge in [-0.15, -0.1) is 0 Å². The molecule has 5 nitrogen and oxygen atoms in total. The zero-order valence-electron chi connectivity index (χ0n) is 15.4. The summed E-state index contributed by atoms with van der Waals surface area (Å²) in [4.78, 5) is 23.3. The van der Waals surface area contributed by atoms with E-state index in [2.05, 4.69) is 10.6 Å². The molecule has 2 amide bonds. The molecule has 0 atom stereocenters. The number of benzene rings is 2. The monoisotopic (exact) mass is 412 g/mol. The molecule has 9 heteroatoms. The van der Waals surface area contributed by atoms with Crippen molar-refractivity contribution >= 4 is 12.0 Å². The van der Waals surface area contributed by atoms with Crippen molar-refractivity contribution in [3.05, 3.63) is 71.0 Å². The summed E-state index contributed by atoms with van der Waals surface area (Å²) >= 11 is 0. The van der Waals surface area contributed by atoms with Crippen molar-refractivity contribution in [2.45, 2.75) is 32.2 Å². The minimum atomic E-state index is -4.72. The molecule has 0 aliphatic rings. The van der Waals surface area contributed by atoms with Gasteiger partial charge in [-0.25, -0.2) is 9.18 Å². The molecule has 0 unspecified atom stereocenters. The van der Waals surface area contributed by atoms with Crippen LogP contribution < -0.4 is 10.6 Å². The third-order valence-electron chi connectivity index (χ3n) is 3.92. The Morgan fingerprint density at radius 2 is 1.72 bits per heavy atom. The van der Waals surface area contributed by atoms with E-state index in [-0.39, 0.29) is 38.1 Å². The van der Waals surface area contributed by atoms with Crippen molar-refractivity contribution in [2.24, 2.45) is 0 Å². The van der Waals surface area contributed by atoms with E-state index in [1.54, 1.807) is 0 Å². The van der Waals surface area contributed by atoms with E-state index in [1.165, 1.54) is 0 Å². The summed E-state index contributed by atoms with van der Waals surface area (Å²) in [5, 5.41) is 4.85. The first-order chi connectivity index (χ1) is 13.8. The van der Waals surface area contributed by atoms with Crippen molar-refractivity contribution in [3.63, 3.8) is 0 Å². The first-order valence-electron chi connectivity index (χ1n) is 8.82. The van der Waals surface area contributed by atoms with Crippen molar-refractivity contribution in [1.29, 1.82) is 0 Å². The molecule has 0 bridgehead atoms. The Morgan fingerprint density at radius 1 is 1.00 bits per heavy atom. The fourth-order valence-corrected chi connectivity index (χ4v) is 2.46. The summed E-state index contributed by atoms with van der Waals surface area (Å²) < 4.78 is 56.8. The van der Waals surface area contributed by atoms with Crippen LogP contribution in [0.1, 0.15) is 29.5 Å². The van der Waals surface area contributed by atoms with E-state index in [4.69, 9.17) is 4.74 Å². The predicted molar refractivity (Wildman–Crippen MR) is 97.1 cm³/mol. The second kappa shape index (κ2) is 10.4. The Bertz CT molecular complexity index is 826. The molecule has 2 aromatic rings. The molecule has 0 aliphatic heterocycles. The maximum atomic E-state index is 13.1. The van der Waals surface area contributed by atoms with Crippen LogP contribution in [0.2, 0.25) is 0 Å². The van der Waals surface area contributed by atoms with E-state index >= 15 is 0 Å². The first kappa shape index (κ1) is 22.2. The average molecular weight is 412 g/mol. The SMILES string of the molecule is O=C(CCCNC(=O)OCc1ccccc1)NCc1ccc(F)cc1C(F)(F)F. The summed E-state index contributed by atoms with van der Waals surface area (Å²) in [5.74, 6) is -1.49. The number of halogens is 4. The van der Waals surface area contributed by atoms with E-state index in [1.807, 2.05) is 30.3 Å². The van der Waals surface area contributed by atoms with Gasteiger partial charge in [-0.05, 0) is 29.7 Å². The molecule has 156 valence electrons. The lowest BCUT2D eigenvalue weighted by atomic mass is 10.1. The molecule has 0 aromatic heterocycles. The number of alkyl carbamates (subject to hydrolysis) is 1. The fraction of sp³-hybridized carbons (Fsp3) is 0.300. The van der Waals surface area contributed by atoms with Crippen LogP contribution in [0.25, 0.3) is 0 Å². The molecular weight excluding hydrogens is 392 g/mol. The molecule has 0 aliphatic carbocycles. The molecule has 2 rings (SSSR count). The topological polar surface area (TPSA) is 67.4 Å². The number of carbonyl (C=O) groups is 2. The van der Waals surface area contributed by atoms with Crippen LogP contribution in [-0.4, -0.2) is 18.5 Å². The van der Waals surface area contributed by atoms with Gasteiger partial charge in [0, 0.05) is 19.5 Å². The minimum absolute atomic E-state index is 0.00150. The van der Waals surface area contributed by atoms with E-state index < -0.39 is 29.6 Å². The number of alkyl halides is 3. The second-order valence-corrected chi connectivity index (χ2v) is 6.17. The molecule has 0 saturated heterocycles. The molecule has 2 aromatic carbocycles. The highest BCUT2D eigenvalue weighted by atomic mass is 19.4. The van der Waals surface area contributed by atoms with Gasteiger partial charge in [0.15, 0.2) is 0 Å². The van der Waals surface area contributed by atoms with Gasteiger partial charge in [0.1, 0.15) is 12.4 Å². The summed E-state index contributed by atoms with van der Waals surface area (Å²) in [5.41, 5.74) is -0.517. The van der Waals surface area contributed by atoms with Crippen molar-refractivity contribution in [3.8, 4) is 0 Å². The van der Waals surface area contributed by atoms with E-state index in [9.17, 15) is 27.2 Å². The van der Waals surface area contributed by atoms with Crippen LogP contribution in [0.4, 0.5) is 22.4 Å². The predicted octanol–water partition coefficient (Wildman–Crippen LogP) is 4.17. The largest absolute Gasteiger partial charge is 0.445 e. The van der Waals surface area contributed by atoms with Crippen LogP contribution in [-0.2, 0) is 28.9 Å². The standard InChI is InChI=1S/C20H20F4N2O3/c21-16-9-8-15(17(11-16)20(22,23)24)12-26-18(27)7-4-10-25-19(28)29-13-14-5-2-1-3-6-14/h1-3,5-6,8-9,11H,4,7,10,12-13H2,(H,25,28)(H,26,27). The highest BCUT2D eigenvalue weighted by molar-refractivity contribution is 5.76. The lowest BCUT2D eigenvalue weighted by molar-refractivity contribution is -0.138. The van der Waals surface area contributed by atoms with Crippen LogP contribution in [0.3, 0.4) is 0 Å². The van der Waals surface area contributed by atoms with Crippen molar-refractivity contribution < 1.29 is 31.9 Å². The fourth-order valence-electron chi connectivity index (χ4n) is 2.46. The zero-order chi connectivity index (χ0) is 21.3. The Hall–Kier alpha value is -3.10. The number of ether oxygens (including phenoxy) is 1. The molecule has 0 heterocycles. The van der Waals surface area contributed by atoms with Crippen molar-refractivity contribution in [1.82, 2.24) is 10.6 Å². The Labute approximate surface area is 165 Å². The third kappa shape index (κ3) is 7.81. The van der Waals surface area contributed by atoms with Gasteiger partial charge in [-0.2, -0.15) is 13.2 Å². The van der Waals surface area contributed by atoms with Gasteiger partial charge < -0.3 is 15.4 Å². The summed E-state index contributed by atoms with van der Waals surface area (Å²) in [6.45, 7) is -0.0851. The van der Waals surface area contributed by atoms with E-state index in [0.29, 0.717) is 6.07 Å². The van der Waals surface area contributed by atoms with E-state index in [0.717, 1.165) is 17.7 Å². The van der Waals surface area contributed by atoms with Gasteiger partial charge in [-0.3, -0.25) is 4.79 Å². The number of rotatable bonds is 8. The number of hydrogen-bond acceptors (Lipinski definition) is 3. The quantitative estimate of drug-likeness (QED) is 0.505. The zero-order valence-corrected chi connectivity index (χ0v) is 15.4. The van der Waals surface area contributed by atoms with Crippen molar-refractivity contribution in [2.75, 3.05) is 6.54 Å². The van der Waals surface area contributed by atoms with Crippen LogP contribution in [0.5, 0.6) is 0 Å². The molecule has 2 N–H and O–H groups in total. The number of carbonyl (C=O) groups excluding carboxylic acids is 2. The Morgan fingerprint density at radius 3 is 2.41 bits per heavy atom. The van der Waals surface area contributed by atoms with Gasteiger partial charge in [-0.1, -0.05) is 36.4 Å². The molecule has 0 saturated carbocycles. The van der Waals surface area contributed by atoms with Gasteiger partial charge in [0.05, 0.1) is 5.56 Å². The van der Waals surface area contributed by atoms with Crippen LogP contribution in [0.15, 0.2) is 48.5 Å². The maximum Gasteiger partial charge on any atom is 0.416 e. The number of amides is 2. The molecule has 0 fully saturated rings. The van der Waals surface area contributed by atoms with Gasteiger partial charge in [0.25, 0.3) is 0 Å². The second-order valence-electron chi connectivity index (χ2n) is 6.17. The van der Waals surface area contributed by atoms with Crippen LogP contribution >= 0.6 is 0 Å². The van der Waals surface area contributed by atoms with Gasteiger partial charge >= 0.3 is 12.3 Å². The van der Waals surface area contributed by atoms with Gasteiger partial charge in [0.2, 0.25) is 5.91 Å². The number of nitrogens with one attached hydrogen (secondary N) is 2. The third-order valence-corrected chi connectivity index (χ3v) is 3.92. The average Bonchev–Trinajstić information content (AvgIpc) is 2.69. The summed E-state index contributed by atoms with van der Waals surface area (Å²) in [6, 6.07) is 11.4. The highest BCUT2D eigenvalue weighted by Gasteiger charge is 2.33. The summed E-state index contributed by atoms with van der Waals surface area (Å²) in [7, 11) is 0. The Kier molecular flexibility index (Phi) is 7.99. The smallest absolute Gasteiger partial charge is 0.416 e. The first-order valence-corrected chi connectivity index (χ1v) is 8.82.